The smallest absolute Gasteiger partial charge is 0.337 e. The molecule has 0 aliphatic carbocycles. The van der Waals surface area contributed by atoms with Crippen LogP contribution >= 0.6 is 11.3 Å². The molecule has 8 nitrogen and oxygen atoms in total. The van der Waals surface area contributed by atoms with E-state index in [1.807, 2.05) is 56.4 Å². The SMILES string of the molecule is CCC(=O)Cc1ccc(-c2sc3c(c2CN(C)CCc2ccccn2)c(=O)n(-c2ccc(OC)cc2)c(=O)n3Cc2c(F)cccc2F)cc1. The first kappa shape index (κ1) is 34.6. The molecule has 0 N–H and O–H groups in total. The van der Waals surface area contributed by atoms with E-state index < -0.39 is 29.4 Å². The number of hydrogen-bond acceptors (Lipinski definition) is 7. The van der Waals surface area contributed by atoms with Crippen molar-refractivity contribution in [3.8, 4) is 21.9 Å². The van der Waals surface area contributed by atoms with Crippen molar-refractivity contribution >= 4 is 27.3 Å². The van der Waals surface area contributed by atoms with Gasteiger partial charge in [0.05, 0.1) is 24.7 Å². The van der Waals surface area contributed by atoms with Crippen LogP contribution in [0.3, 0.4) is 0 Å². The van der Waals surface area contributed by atoms with E-state index in [1.54, 1.807) is 30.5 Å². The van der Waals surface area contributed by atoms with Gasteiger partial charge in [-0.1, -0.05) is 43.3 Å². The molecule has 0 amide bonds. The van der Waals surface area contributed by atoms with Gasteiger partial charge < -0.3 is 9.64 Å². The van der Waals surface area contributed by atoms with E-state index >= 15 is 8.78 Å². The third-order valence-corrected chi connectivity index (χ3v) is 10.0. The molecule has 3 aromatic heterocycles. The van der Waals surface area contributed by atoms with Crippen LogP contribution in [-0.2, 0) is 30.7 Å². The molecule has 50 heavy (non-hydrogen) atoms. The van der Waals surface area contributed by atoms with Crippen molar-refractivity contribution in [2.24, 2.45) is 0 Å². The van der Waals surface area contributed by atoms with Crippen LogP contribution in [-0.4, -0.2) is 45.5 Å². The number of nitrogens with zero attached hydrogens (tertiary/aromatic N) is 4. The monoisotopic (exact) mass is 694 g/mol. The average Bonchev–Trinajstić information content (AvgIpc) is 3.50. The van der Waals surface area contributed by atoms with Crippen LogP contribution < -0.4 is 16.0 Å². The fourth-order valence-electron chi connectivity index (χ4n) is 5.92. The molecule has 0 fully saturated rings. The van der Waals surface area contributed by atoms with Crippen LogP contribution in [0.4, 0.5) is 8.78 Å². The van der Waals surface area contributed by atoms with Crippen molar-refractivity contribution in [1.82, 2.24) is 19.0 Å². The molecule has 0 saturated carbocycles. The zero-order chi connectivity index (χ0) is 35.4. The quantitative estimate of drug-likeness (QED) is 0.132. The molecule has 0 radical (unpaired) electrons. The molecular formula is C39H36F2N4O4S. The van der Waals surface area contributed by atoms with E-state index in [2.05, 4.69) is 9.88 Å². The number of fused-ring (bicyclic) bond motifs is 1. The Kier molecular flexibility index (Phi) is 10.4. The predicted octanol–water partition coefficient (Wildman–Crippen LogP) is 6.81. The Balaban J connectivity index is 1.58. The molecule has 3 aromatic carbocycles. The second kappa shape index (κ2) is 15.1. The Morgan fingerprint density at radius 2 is 1.64 bits per heavy atom. The third kappa shape index (κ3) is 7.19. The van der Waals surface area contributed by atoms with E-state index in [0.29, 0.717) is 48.5 Å². The minimum Gasteiger partial charge on any atom is -0.497 e. The predicted molar refractivity (Wildman–Crippen MR) is 192 cm³/mol. The molecule has 256 valence electrons. The van der Waals surface area contributed by atoms with Gasteiger partial charge in [-0.25, -0.2) is 18.1 Å². The molecule has 0 saturated heterocycles. The molecule has 0 unspecified atom stereocenters. The van der Waals surface area contributed by atoms with Gasteiger partial charge in [-0.05, 0) is 72.3 Å². The molecule has 0 atom stereocenters. The summed E-state index contributed by atoms with van der Waals surface area (Å²) in [6.45, 7) is 2.36. The first-order valence-electron chi connectivity index (χ1n) is 16.3. The van der Waals surface area contributed by atoms with Crippen LogP contribution in [0, 0.1) is 11.6 Å². The van der Waals surface area contributed by atoms with Gasteiger partial charge in [0.25, 0.3) is 5.56 Å². The summed E-state index contributed by atoms with van der Waals surface area (Å²) in [5.41, 5.74) is 1.99. The Labute approximate surface area is 291 Å². The van der Waals surface area contributed by atoms with Crippen LogP contribution in [0.1, 0.15) is 35.7 Å². The Morgan fingerprint density at radius 3 is 2.28 bits per heavy atom. The molecule has 6 rings (SSSR count). The largest absolute Gasteiger partial charge is 0.497 e. The third-order valence-electron chi connectivity index (χ3n) is 8.70. The van der Waals surface area contributed by atoms with Gasteiger partial charge in [0.2, 0.25) is 0 Å². The fraction of sp³-hybridized carbons (Fsp3) is 0.231. The highest BCUT2D eigenvalue weighted by atomic mass is 32.1. The van der Waals surface area contributed by atoms with E-state index in [1.165, 1.54) is 29.1 Å². The summed E-state index contributed by atoms with van der Waals surface area (Å²) in [4.78, 5) is 48.6. The van der Waals surface area contributed by atoms with Crippen LogP contribution in [0.25, 0.3) is 26.3 Å². The normalized spacial score (nSPS) is 11.4. The van der Waals surface area contributed by atoms with Crippen LogP contribution in [0.5, 0.6) is 5.75 Å². The van der Waals surface area contributed by atoms with Gasteiger partial charge in [-0.15, -0.1) is 11.3 Å². The van der Waals surface area contributed by atoms with E-state index in [-0.39, 0.29) is 22.4 Å². The van der Waals surface area contributed by atoms with E-state index in [4.69, 9.17) is 4.74 Å². The van der Waals surface area contributed by atoms with Gasteiger partial charge in [0.15, 0.2) is 0 Å². The van der Waals surface area contributed by atoms with Gasteiger partial charge in [-0.3, -0.25) is 19.1 Å². The number of hydrogen-bond donors (Lipinski definition) is 0. The first-order chi connectivity index (χ1) is 24.2. The Morgan fingerprint density at radius 1 is 0.920 bits per heavy atom. The van der Waals surface area contributed by atoms with Crippen molar-refractivity contribution in [2.45, 2.75) is 39.3 Å². The van der Waals surface area contributed by atoms with Crippen molar-refractivity contribution in [1.29, 1.82) is 0 Å². The maximum Gasteiger partial charge on any atom is 0.337 e. The minimum atomic E-state index is -0.796. The van der Waals surface area contributed by atoms with Crippen molar-refractivity contribution < 1.29 is 18.3 Å². The number of Topliss-reactive ketones (excluding diaryl/α,β-unsaturated/α-hetero) is 1. The number of ketones is 1. The lowest BCUT2D eigenvalue weighted by molar-refractivity contribution is -0.118. The van der Waals surface area contributed by atoms with Gasteiger partial charge in [-0.2, -0.15) is 0 Å². The second-order valence-corrected chi connectivity index (χ2v) is 13.1. The summed E-state index contributed by atoms with van der Waals surface area (Å²) in [6, 6.07) is 23.4. The number of ether oxygens (including phenoxy) is 1. The van der Waals surface area contributed by atoms with Crippen molar-refractivity contribution in [3.63, 3.8) is 0 Å². The standard InChI is InChI=1S/C39H36F2N4O4S/c1-4-29(46)22-25-11-13-26(14-12-25)36-32(23-43(2)21-19-27-8-5-6-20-42-27)35-37(47)45(28-15-17-30(49-3)18-16-28)39(48)44(38(35)50-36)24-31-33(40)9-7-10-34(31)41/h5-18,20H,4,19,21-24H2,1-3H3. The van der Waals surface area contributed by atoms with Gasteiger partial charge in [0, 0.05) is 54.7 Å². The average molecular weight is 695 g/mol. The number of thiophene rings is 1. The molecule has 0 aliphatic heterocycles. The van der Waals surface area contributed by atoms with E-state index in [0.717, 1.165) is 38.4 Å². The fourth-order valence-corrected chi connectivity index (χ4v) is 7.22. The molecule has 11 heteroatoms. The first-order valence-corrected chi connectivity index (χ1v) is 17.1. The molecule has 0 spiro atoms. The molecule has 3 heterocycles. The van der Waals surface area contributed by atoms with Crippen LogP contribution in [0.15, 0.2) is 101 Å². The highest BCUT2D eigenvalue weighted by Gasteiger charge is 2.26. The Bertz CT molecular complexity index is 2240. The molecule has 0 bridgehead atoms. The number of aromatic nitrogens is 3. The maximum atomic E-state index is 15.1. The second-order valence-electron chi connectivity index (χ2n) is 12.1. The number of rotatable bonds is 13. The summed E-state index contributed by atoms with van der Waals surface area (Å²) < 4.78 is 37.8. The number of benzene rings is 3. The van der Waals surface area contributed by atoms with Gasteiger partial charge >= 0.3 is 5.69 Å². The maximum absolute atomic E-state index is 15.1. The zero-order valence-electron chi connectivity index (χ0n) is 28.0. The lowest BCUT2D eigenvalue weighted by Gasteiger charge is -2.18. The molecular weight excluding hydrogens is 659 g/mol. The number of likely N-dealkylation sites (N-methyl/N-ethyl adjacent to an activating group) is 1. The molecule has 6 aromatic rings. The Hall–Kier alpha value is -5.26. The number of methoxy groups -OCH3 is 1. The lowest BCUT2D eigenvalue weighted by Crippen LogP contribution is -2.39. The summed E-state index contributed by atoms with van der Waals surface area (Å²) in [5.74, 6) is -0.932. The highest BCUT2D eigenvalue weighted by Crippen LogP contribution is 2.38. The number of carbonyl (C=O) groups excluding carboxylic acids is 1. The van der Waals surface area contributed by atoms with Crippen LogP contribution in [0.2, 0.25) is 0 Å². The number of halogens is 2. The minimum absolute atomic E-state index is 0.123. The molecule has 0 aliphatic rings. The topological polar surface area (TPSA) is 86.4 Å². The van der Waals surface area contributed by atoms with Crippen molar-refractivity contribution in [3.05, 3.63) is 146 Å². The summed E-state index contributed by atoms with van der Waals surface area (Å²) in [5, 5.41) is 0.284. The van der Waals surface area contributed by atoms with Gasteiger partial charge in [0.1, 0.15) is 28.0 Å². The highest BCUT2D eigenvalue weighted by molar-refractivity contribution is 7.22. The van der Waals surface area contributed by atoms with E-state index in [9.17, 15) is 14.4 Å². The summed E-state index contributed by atoms with van der Waals surface area (Å²) >= 11 is 1.23. The summed E-state index contributed by atoms with van der Waals surface area (Å²) in [6.07, 6.45) is 3.17. The number of pyridine rings is 1. The van der Waals surface area contributed by atoms with Crippen molar-refractivity contribution in [2.75, 3.05) is 20.7 Å². The zero-order valence-corrected chi connectivity index (χ0v) is 28.8. The lowest BCUT2D eigenvalue weighted by atomic mass is 10.0. The number of carbonyl (C=O) groups is 1. The summed E-state index contributed by atoms with van der Waals surface area (Å²) in [7, 11) is 3.46.